The fraction of sp³-hybridized carbons (Fsp3) is 0.353. The van der Waals surface area contributed by atoms with Crippen LogP contribution in [-0.2, 0) is 19.4 Å². The summed E-state index contributed by atoms with van der Waals surface area (Å²) in [6.07, 6.45) is 4.46. The van der Waals surface area contributed by atoms with Gasteiger partial charge >= 0.3 is 0 Å². The maximum absolute atomic E-state index is 12.8. The number of fused-ring (bicyclic) bond motifs is 3. The zero-order valence-electron chi connectivity index (χ0n) is 12.5. The van der Waals surface area contributed by atoms with Crippen LogP contribution in [0.2, 0.25) is 0 Å². The van der Waals surface area contributed by atoms with Crippen LogP contribution in [0, 0.1) is 6.92 Å². The Labute approximate surface area is 132 Å². The molecule has 1 aromatic carbocycles. The summed E-state index contributed by atoms with van der Waals surface area (Å²) in [7, 11) is 0. The predicted molar refractivity (Wildman–Crippen MR) is 88.6 cm³/mol. The summed E-state index contributed by atoms with van der Waals surface area (Å²) in [5.41, 5.74) is 3.50. The van der Waals surface area contributed by atoms with Gasteiger partial charge in [-0.25, -0.2) is 4.68 Å². The SMILES string of the molecule is Cc1cccc(Cn2nnc3sc4c(c3c2=O)CCCC4)c1. The minimum atomic E-state index is 0.00547. The van der Waals surface area contributed by atoms with Gasteiger partial charge in [0, 0.05) is 4.88 Å². The van der Waals surface area contributed by atoms with Gasteiger partial charge in [0.1, 0.15) is 0 Å². The lowest BCUT2D eigenvalue weighted by molar-refractivity contribution is 0.600. The molecule has 4 rings (SSSR count). The zero-order chi connectivity index (χ0) is 15.1. The third-order valence-corrected chi connectivity index (χ3v) is 5.44. The average Bonchev–Trinajstić information content (AvgIpc) is 2.89. The summed E-state index contributed by atoms with van der Waals surface area (Å²) in [5, 5.41) is 9.24. The summed E-state index contributed by atoms with van der Waals surface area (Å²) < 4.78 is 1.50. The molecule has 0 saturated heterocycles. The minimum absolute atomic E-state index is 0.00547. The van der Waals surface area contributed by atoms with Gasteiger partial charge in [-0.1, -0.05) is 35.0 Å². The average molecular weight is 311 g/mol. The minimum Gasteiger partial charge on any atom is -0.267 e. The summed E-state index contributed by atoms with van der Waals surface area (Å²) in [4.78, 5) is 15.0. The lowest BCUT2D eigenvalue weighted by atomic mass is 9.97. The lowest BCUT2D eigenvalue weighted by Crippen LogP contribution is -2.25. The Bertz CT molecular complexity index is 910. The number of hydrogen-bond acceptors (Lipinski definition) is 4. The second-order valence-corrected chi connectivity index (χ2v) is 7.02. The van der Waals surface area contributed by atoms with Crippen molar-refractivity contribution in [3.8, 4) is 0 Å². The van der Waals surface area contributed by atoms with Gasteiger partial charge in [0.2, 0.25) is 0 Å². The van der Waals surface area contributed by atoms with Crippen LogP contribution in [0.3, 0.4) is 0 Å². The third-order valence-electron chi connectivity index (χ3n) is 4.26. The normalized spacial score (nSPS) is 14.2. The van der Waals surface area contributed by atoms with Gasteiger partial charge in [-0.05, 0) is 43.7 Å². The Balaban J connectivity index is 1.82. The van der Waals surface area contributed by atoms with E-state index >= 15 is 0 Å². The number of benzene rings is 1. The molecule has 112 valence electrons. The van der Waals surface area contributed by atoms with Crippen molar-refractivity contribution in [3.63, 3.8) is 0 Å². The van der Waals surface area contributed by atoms with E-state index < -0.39 is 0 Å². The van der Waals surface area contributed by atoms with Crippen molar-refractivity contribution in [3.05, 3.63) is 56.2 Å². The molecule has 2 heterocycles. The number of hydrogen-bond donors (Lipinski definition) is 0. The van der Waals surface area contributed by atoms with Gasteiger partial charge in [0.25, 0.3) is 5.56 Å². The van der Waals surface area contributed by atoms with Crippen molar-refractivity contribution in [2.75, 3.05) is 0 Å². The van der Waals surface area contributed by atoms with Crippen LogP contribution in [0.4, 0.5) is 0 Å². The molecule has 22 heavy (non-hydrogen) atoms. The van der Waals surface area contributed by atoms with Crippen molar-refractivity contribution >= 4 is 21.6 Å². The van der Waals surface area contributed by atoms with E-state index in [-0.39, 0.29) is 5.56 Å². The van der Waals surface area contributed by atoms with Crippen molar-refractivity contribution in [2.45, 2.75) is 39.2 Å². The van der Waals surface area contributed by atoms with Crippen LogP contribution in [-0.4, -0.2) is 15.0 Å². The summed E-state index contributed by atoms with van der Waals surface area (Å²) in [6.45, 7) is 2.53. The molecule has 2 aromatic heterocycles. The molecule has 0 unspecified atom stereocenters. The monoisotopic (exact) mass is 311 g/mol. The van der Waals surface area contributed by atoms with Gasteiger partial charge in [-0.2, -0.15) is 0 Å². The fourth-order valence-corrected chi connectivity index (χ4v) is 4.39. The summed E-state index contributed by atoms with van der Waals surface area (Å²) in [6, 6.07) is 8.17. The lowest BCUT2D eigenvalue weighted by Gasteiger charge is -2.10. The van der Waals surface area contributed by atoms with E-state index in [2.05, 4.69) is 29.4 Å². The Morgan fingerprint density at radius 1 is 1.27 bits per heavy atom. The van der Waals surface area contributed by atoms with Crippen LogP contribution >= 0.6 is 11.3 Å². The van der Waals surface area contributed by atoms with Gasteiger partial charge < -0.3 is 0 Å². The second-order valence-electron chi connectivity index (χ2n) is 5.93. The first-order chi connectivity index (χ1) is 10.7. The Morgan fingerprint density at radius 2 is 2.14 bits per heavy atom. The second kappa shape index (κ2) is 5.32. The number of nitrogens with zero attached hydrogens (tertiary/aromatic N) is 3. The van der Waals surface area contributed by atoms with Crippen molar-refractivity contribution in [2.24, 2.45) is 0 Å². The molecule has 0 bridgehead atoms. The highest BCUT2D eigenvalue weighted by Crippen LogP contribution is 2.33. The molecule has 1 aliphatic carbocycles. The van der Waals surface area contributed by atoms with Crippen molar-refractivity contribution in [1.29, 1.82) is 0 Å². The number of aromatic nitrogens is 3. The fourth-order valence-electron chi connectivity index (χ4n) is 3.19. The smallest absolute Gasteiger partial charge is 0.267 e. The van der Waals surface area contributed by atoms with Crippen LogP contribution in [0.15, 0.2) is 29.1 Å². The maximum atomic E-state index is 12.8. The highest BCUT2D eigenvalue weighted by atomic mass is 32.1. The highest BCUT2D eigenvalue weighted by Gasteiger charge is 2.20. The third kappa shape index (κ3) is 2.25. The van der Waals surface area contributed by atoms with E-state index in [1.807, 2.05) is 12.1 Å². The van der Waals surface area contributed by atoms with E-state index in [9.17, 15) is 4.79 Å². The van der Waals surface area contributed by atoms with E-state index in [1.54, 1.807) is 11.3 Å². The van der Waals surface area contributed by atoms with E-state index in [4.69, 9.17) is 0 Å². The number of thiophene rings is 1. The first-order valence-electron chi connectivity index (χ1n) is 7.66. The van der Waals surface area contributed by atoms with Crippen molar-refractivity contribution in [1.82, 2.24) is 15.0 Å². The standard InChI is InChI=1S/C17H17N3OS/c1-11-5-4-6-12(9-11)10-20-17(21)15-13-7-2-3-8-14(13)22-16(15)18-19-20/h4-6,9H,2-3,7-8,10H2,1H3. The van der Waals surface area contributed by atoms with Crippen LogP contribution in [0.25, 0.3) is 10.2 Å². The summed E-state index contributed by atoms with van der Waals surface area (Å²) >= 11 is 1.64. The number of aryl methyl sites for hydroxylation is 3. The van der Waals surface area contributed by atoms with E-state index in [1.165, 1.54) is 33.5 Å². The van der Waals surface area contributed by atoms with Gasteiger partial charge in [0.05, 0.1) is 11.9 Å². The number of rotatable bonds is 2. The molecule has 3 aromatic rings. The van der Waals surface area contributed by atoms with Crippen LogP contribution in [0.1, 0.15) is 34.4 Å². The summed E-state index contributed by atoms with van der Waals surface area (Å²) in [5.74, 6) is 0. The molecule has 0 amide bonds. The molecule has 0 aliphatic heterocycles. The highest BCUT2D eigenvalue weighted by molar-refractivity contribution is 7.18. The Kier molecular flexibility index (Phi) is 3.30. The van der Waals surface area contributed by atoms with Crippen LogP contribution in [0.5, 0.6) is 0 Å². The molecule has 0 spiro atoms. The molecule has 0 N–H and O–H groups in total. The Morgan fingerprint density at radius 3 is 3.00 bits per heavy atom. The molecular formula is C17H17N3OS. The quantitative estimate of drug-likeness (QED) is 0.730. The molecule has 0 atom stereocenters. The zero-order valence-corrected chi connectivity index (χ0v) is 13.3. The molecule has 5 heteroatoms. The van der Waals surface area contributed by atoms with Gasteiger partial charge in [0.15, 0.2) is 4.83 Å². The van der Waals surface area contributed by atoms with Crippen molar-refractivity contribution < 1.29 is 0 Å². The molecular weight excluding hydrogens is 294 g/mol. The van der Waals surface area contributed by atoms with E-state index in [0.717, 1.165) is 28.6 Å². The maximum Gasteiger partial charge on any atom is 0.279 e. The first kappa shape index (κ1) is 13.6. The predicted octanol–water partition coefficient (Wildman–Crippen LogP) is 3.09. The molecule has 1 aliphatic rings. The molecule has 0 saturated carbocycles. The van der Waals surface area contributed by atoms with Gasteiger partial charge in [-0.15, -0.1) is 16.4 Å². The topological polar surface area (TPSA) is 47.8 Å². The van der Waals surface area contributed by atoms with Gasteiger partial charge in [-0.3, -0.25) is 4.79 Å². The Hall–Kier alpha value is -2.01. The van der Waals surface area contributed by atoms with Crippen LogP contribution < -0.4 is 5.56 Å². The molecule has 4 nitrogen and oxygen atoms in total. The first-order valence-corrected chi connectivity index (χ1v) is 8.47. The molecule has 0 radical (unpaired) electrons. The molecule has 0 fully saturated rings. The largest absolute Gasteiger partial charge is 0.279 e. The van der Waals surface area contributed by atoms with E-state index in [0.29, 0.717) is 6.54 Å².